The van der Waals surface area contributed by atoms with E-state index >= 15 is 0 Å². The van der Waals surface area contributed by atoms with Gasteiger partial charge in [0.05, 0.1) is 29.7 Å². The molecule has 1 aromatic carbocycles. The van der Waals surface area contributed by atoms with Crippen LogP contribution in [-0.2, 0) is 29.5 Å². The molecule has 1 N–H and O–H groups in total. The Labute approximate surface area is 151 Å². The number of rotatable bonds is 4. The summed E-state index contributed by atoms with van der Waals surface area (Å²) in [5.74, 6) is 0.327. The molecule has 0 bridgehead atoms. The molecular weight excluding hydrogens is 364 g/mol. The zero-order valence-corrected chi connectivity index (χ0v) is 15.6. The molecule has 1 aromatic heterocycles. The van der Waals surface area contributed by atoms with Crippen molar-refractivity contribution < 1.29 is 8.42 Å². The summed E-state index contributed by atoms with van der Waals surface area (Å²) in [6, 6.07) is 6.48. The van der Waals surface area contributed by atoms with Crippen molar-refractivity contribution in [3.8, 4) is 0 Å². The van der Waals surface area contributed by atoms with Gasteiger partial charge in [0.2, 0.25) is 10.0 Å². The van der Waals surface area contributed by atoms with Crippen LogP contribution in [0.1, 0.15) is 17.1 Å². The van der Waals surface area contributed by atoms with Crippen LogP contribution in [0.4, 0.5) is 5.69 Å². The second kappa shape index (κ2) is 6.78. The molecule has 0 amide bonds. The minimum Gasteiger partial charge on any atom is -0.309 e. The number of anilines is 1. The summed E-state index contributed by atoms with van der Waals surface area (Å²) in [6.07, 6.45) is 1.79. The Morgan fingerprint density at radius 2 is 2.00 bits per heavy atom. The van der Waals surface area contributed by atoms with Crippen LogP contribution in [-0.4, -0.2) is 43.1 Å². The Balaban J connectivity index is 1.97. The van der Waals surface area contributed by atoms with E-state index in [1.165, 1.54) is 4.31 Å². The molecule has 134 valence electrons. The van der Waals surface area contributed by atoms with E-state index in [1.54, 1.807) is 24.3 Å². The number of fused-ring (bicyclic) bond motifs is 1. The highest BCUT2D eigenvalue weighted by Crippen LogP contribution is 2.22. The van der Waals surface area contributed by atoms with Gasteiger partial charge in [0, 0.05) is 24.5 Å². The lowest BCUT2D eigenvalue weighted by atomic mass is 10.1. The zero-order chi connectivity index (χ0) is 18.2. The number of hydrogen-bond acceptors (Lipinski definition) is 5. The van der Waals surface area contributed by atoms with Crippen molar-refractivity contribution in [1.82, 2.24) is 14.9 Å². The van der Waals surface area contributed by atoms with Crippen molar-refractivity contribution in [1.29, 1.82) is 0 Å². The highest BCUT2D eigenvalue weighted by molar-refractivity contribution is 7.92. The van der Waals surface area contributed by atoms with Crippen LogP contribution in [0.2, 0.25) is 5.02 Å². The summed E-state index contributed by atoms with van der Waals surface area (Å²) in [5.41, 5.74) is 1.64. The smallest absolute Gasteiger partial charge is 0.255 e. The predicted molar refractivity (Wildman–Crippen MR) is 97.4 cm³/mol. The first-order valence-corrected chi connectivity index (χ1v) is 9.99. The summed E-state index contributed by atoms with van der Waals surface area (Å²) >= 11 is 5.87. The number of H-pyrrole nitrogens is 1. The molecule has 25 heavy (non-hydrogen) atoms. The van der Waals surface area contributed by atoms with Crippen molar-refractivity contribution in [2.45, 2.75) is 19.5 Å². The first kappa shape index (κ1) is 17.9. The number of likely N-dealkylation sites (N-methyl/N-ethyl adjacent to an activating group) is 1. The Morgan fingerprint density at radius 1 is 1.32 bits per heavy atom. The van der Waals surface area contributed by atoms with Crippen LogP contribution < -0.4 is 9.86 Å². The molecule has 2 aromatic rings. The number of hydrogen-bond donors (Lipinski definition) is 1. The molecule has 0 radical (unpaired) electrons. The summed E-state index contributed by atoms with van der Waals surface area (Å²) in [7, 11) is -1.61. The SMILES string of the molecule is CN1CCc2nc(CN(c3ccc(Cl)cc3)S(C)(=O)=O)[nH]c(=O)c2C1. The molecule has 0 atom stereocenters. The molecule has 0 aliphatic carbocycles. The number of nitrogens with zero attached hydrogens (tertiary/aromatic N) is 3. The minimum absolute atomic E-state index is 0.0428. The molecule has 0 spiro atoms. The first-order chi connectivity index (χ1) is 11.7. The number of aromatic amines is 1. The highest BCUT2D eigenvalue weighted by Gasteiger charge is 2.22. The Bertz CT molecular complexity index is 941. The van der Waals surface area contributed by atoms with Crippen molar-refractivity contribution in [3.63, 3.8) is 0 Å². The third kappa shape index (κ3) is 4.02. The average molecular weight is 383 g/mol. The van der Waals surface area contributed by atoms with Crippen molar-refractivity contribution in [2.24, 2.45) is 0 Å². The molecule has 0 saturated carbocycles. The van der Waals surface area contributed by atoms with E-state index in [-0.39, 0.29) is 12.1 Å². The predicted octanol–water partition coefficient (Wildman–Crippen LogP) is 1.38. The maximum absolute atomic E-state index is 12.3. The van der Waals surface area contributed by atoms with E-state index in [9.17, 15) is 13.2 Å². The van der Waals surface area contributed by atoms with E-state index in [0.717, 1.165) is 18.5 Å². The Kier molecular flexibility index (Phi) is 4.86. The molecule has 0 saturated heterocycles. The molecule has 3 rings (SSSR count). The van der Waals surface area contributed by atoms with E-state index in [0.29, 0.717) is 35.1 Å². The highest BCUT2D eigenvalue weighted by atomic mass is 35.5. The van der Waals surface area contributed by atoms with Crippen molar-refractivity contribution in [2.75, 3.05) is 24.2 Å². The molecule has 9 heteroatoms. The van der Waals surface area contributed by atoms with Crippen LogP contribution in [0.5, 0.6) is 0 Å². The fourth-order valence-electron chi connectivity index (χ4n) is 2.83. The molecule has 1 aliphatic rings. The standard InChI is InChI=1S/C16H19ClN4O3S/c1-20-8-7-14-13(9-20)16(22)19-15(18-14)10-21(25(2,23)24)12-5-3-11(17)4-6-12/h3-6H,7-10H2,1-2H3,(H,18,19,22). The van der Waals surface area contributed by atoms with Crippen LogP contribution in [0.3, 0.4) is 0 Å². The minimum atomic E-state index is -3.55. The molecule has 2 heterocycles. The van der Waals surface area contributed by atoms with Gasteiger partial charge >= 0.3 is 0 Å². The largest absolute Gasteiger partial charge is 0.309 e. The molecule has 1 aliphatic heterocycles. The van der Waals surface area contributed by atoms with E-state index in [2.05, 4.69) is 14.9 Å². The van der Waals surface area contributed by atoms with Gasteiger partial charge in [-0.05, 0) is 31.3 Å². The van der Waals surface area contributed by atoms with Crippen LogP contribution in [0.15, 0.2) is 29.1 Å². The lowest BCUT2D eigenvalue weighted by Crippen LogP contribution is -2.36. The quantitative estimate of drug-likeness (QED) is 0.863. The van der Waals surface area contributed by atoms with E-state index in [4.69, 9.17) is 11.6 Å². The van der Waals surface area contributed by atoms with Gasteiger partial charge in [-0.25, -0.2) is 13.4 Å². The second-order valence-corrected chi connectivity index (χ2v) is 8.51. The number of sulfonamides is 1. The normalized spacial score (nSPS) is 15.0. The molecule has 0 unspecified atom stereocenters. The lowest BCUT2D eigenvalue weighted by molar-refractivity contribution is 0.307. The van der Waals surface area contributed by atoms with E-state index < -0.39 is 10.0 Å². The first-order valence-electron chi connectivity index (χ1n) is 7.77. The summed E-state index contributed by atoms with van der Waals surface area (Å²) in [5, 5.41) is 0.515. The third-order valence-corrected chi connectivity index (χ3v) is 5.51. The zero-order valence-electron chi connectivity index (χ0n) is 14.0. The Hall–Kier alpha value is -1.90. The van der Waals surface area contributed by atoms with Crippen molar-refractivity contribution in [3.05, 3.63) is 56.7 Å². The summed E-state index contributed by atoms with van der Waals surface area (Å²) < 4.78 is 25.6. The van der Waals surface area contributed by atoms with Crippen LogP contribution in [0, 0.1) is 0 Å². The maximum Gasteiger partial charge on any atom is 0.255 e. The lowest BCUT2D eigenvalue weighted by Gasteiger charge is -2.25. The average Bonchev–Trinajstić information content (AvgIpc) is 2.53. The molecule has 7 nitrogen and oxygen atoms in total. The van der Waals surface area contributed by atoms with Gasteiger partial charge in [0.15, 0.2) is 0 Å². The van der Waals surface area contributed by atoms with Gasteiger partial charge in [-0.1, -0.05) is 11.6 Å². The Morgan fingerprint density at radius 3 is 2.64 bits per heavy atom. The number of halogens is 1. The number of benzene rings is 1. The monoisotopic (exact) mass is 382 g/mol. The van der Waals surface area contributed by atoms with Gasteiger partial charge in [-0.15, -0.1) is 0 Å². The number of nitrogens with one attached hydrogen (secondary N) is 1. The van der Waals surface area contributed by atoms with Gasteiger partial charge in [-0.3, -0.25) is 9.10 Å². The van der Waals surface area contributed by atoms with Gasteiger partial charge in [0.25, 0.3) is 5.56 Å². The summed E-state index contributed by atoms with van der Waals surface area (Å²) in [4.78, 5) is 21.6. The fraction of sp³-hybridized carbons (Fsp3) is 0.375. The molecule has 0 fully saturated rings. The maximum atomic E-state index is 12.3. The van der Waals surface area contributed by atoms with Crippen molar-refractivity contribution >= 4 is 27.3 Å². The fourth-order valence-corrected chi connectivity index (χ4v) is 3.82. The topological polar surface area (TPSA) is 86.4 Å². The number of aromatic nitrogens is 2. The second-order valence-electron chi connectivity index (χ2n) is 6.17. The van der Waals surface area contributed by atoms with E-state index in [1.807, 2.05) is 7.05 Å². The van der Waals surface area contributed by atoms with Crippen LogP contribution >= 0.6 is 11.6 Å². The third-order valence-electron chi connectivity index (χ3n) is 4.12. The summed E-state index contributed by atoms with van der Waals surface area (Å²) in [6.45, 7) is 1.32. The van der Waals surface area contributed by atoms with Crippen LogP contribution in [0.25, 0.3) is 0 Å². The van der Waals surface area contributed by atoms with Gasteiger partial charge in [-0.2, -0.15) is 0 Å². The molecular formula is C16H19ClN4O3S. The van der Waals surface area contributed by atoms with Gasteiger partial charge < -0.3 is 9.88 Å². The van der Waals surface area contributed by atoms with Gasteiger partial charge in [0.1, 0.15) is 5.82 Å².